The van der Waals surface area contributed by atoms with Crippen molar-refractivity contribution in [2.75, 3.05) is 33.5 Å². The lowest BCUT2D eigenvalue weighted by Gasteiger charge is -2.18. The van der Waals surface area contributed by atoms with Crippen LogP contribution in [-0.2, 0) is 9.47 Å². The van der Waals surface area contributed by atoms with Gasteiger partial charge in [-0.25, -0.2) is 4.39 Å². The quantitative estimate of drug-likeness (QED) is 0.636. The van der Waals surface area contributed by atoms with Gasteiger partial charge in [-0.3, -0.25) is 0 Å². The van der Waals surface area contributed by atoms with Gasteiger partial charge in [0.1, 0.15) is 5.82 Å². The van der Waals surface area contributed by atoms with Gasteiger partial charge in [0, 0.05) is 39.5 Å². The largest absolute Gasteiger partial charge is 0.385 e. The van der Waals surface area contributed by atoms with Gasteiger partial charge >= 0.3 is 0 Å². The Labute approximate surface area is 126 Å². The van der Waals surface area contributed by atoms with Gasteiger partial charge in [-0.2, -0.15) is 0 Å². The molecular weight excluding hydrogens is 269 g/mol. The van der Waals surface area contributed by atoms with Crippen molar-refractivity contribution in [1.82, 2.24) is 5.32 Å². The second-order valence-electron chi connectivity index (χ2n) is 5.68. The summed E-state index contributed by atoms with van der Waals surface area (Å²) in [5, 5.41) is 3.56. The SMILES string of the molecule is COCCCOCCC(CNC1CC1)c1ccc(F)cc1. The van der Waals surface area contributed by atoms with Crippen molar-refractivity contribution in [3.8, 4) is 0 Å². The molecule has 1 atom stereocenters. The molecule has 21 heavy (non-hydrogen) atoms. The smallest absolute Gasteiger partial charge is 0.123 e. The predicted molar refractivity (Wildman–Crippen MR) is 82.1 cm³/mol. The molecule has 1 aliphatic rings. The molecule has 0 amide bonds. The van der Waals surface area contributed by atoms with Gasteiger partial charge in [0.15, 0.2) is 0 Å². The molecule has 1 aromatic rings. The van der Waals surface area contributed by atoms with Crippen LogP contribution in [0.2, 0.25) is 0 Å². The number of hydrogen-bond donors (Lipinski definition) is 1. The summed E-state index contributed by atoms with van der Waals surface area (Å²) in [4.78, 5) is 0. The Bertz CT molecular complexity index is 392. The third kappa shape index (κ3) is 6.55. The minimum atomic E-state index is -0.177. The van der Waals surface area contributed by atoms with E-state index in [4.69, 9.17) is 9.47 Å². The average Bonchev–Trinajstić information content (AvgIpc) is 3.31. The fourth-order valence-corrected chi connectivity index (χ4v) is 2.35. The van der Waals surface area contributed by atoms with Crippen LogP contribution in [0, 0.1) is 5.82 Å². The van der Waals surface area contributed by atoms with Crippen LogP contribution in [0.25, 0.3) is 0 Å². The normalized spacial score (nSPS) is 16.1. The zero-order valence-electron chi connectivity index (χ0n) is 12.8. The molecule has 118 valence electrons. The Morgan fingerprint density at radius 1 is 1.19 bits per heavy atom. The van der Waals surface area contributed by atoms with Crippen LogP contribution in [0.15, 0.2) is 24.3 Å². The molecule has 1 fully saturated rings. The molecule has 1 aromatic carbocycles. The summed E-state index contributed by atoms with van der Waals surface area (Å²) >= 11 is 0. The summed E-state index contributed by atoms with van der Waals surface area (Å²) in [5.41, 5.74) is 1.19. The molecule has 3 nitrogen and oxygen atoms in total. The lowest BCUT2D eigenvalue weighted by atomic mass is 9.96. The van der Waals surface area contributed by atoms with Crippen LogP contribution in [0.5, 0.6) is 0 Å². The van der Waals surface area contributed by atoms with Gasteiger partial charge in [0.05, 0.1) is 0 Å². The van der Waals surface area contributed by atoms with E-state index in [1.54, 1.807) is 19.2 Å². The van der Waals surface area contributed by atoms with Crippen LogP contribution in [0.3, 0.4) is 0 Å². The summed E-state index contributed by atoms with van der Waals surface area (Å²) in [6, 6.07) is 7.55. The van der Waals surface area contributed by atoms with E-state index in [9.17, 15) is 4.39 Å². The van der Waals surface area contributed by atoms with Gasteiger partial charge in [-0.15, -0.1) is 0 Å². The second kappa shape index (κ2) is 9.13. The standard InChI is InChI=1S/C17H26FNO2/c1-20-10-2-11-21-12-9-15(13-19-17-7-8-17)14-3-5-16(18)6-4-14/h3-6,15,17,19H,2,7-13H2,1H3. The Hall–Kier alpha value is -0.970. The topological polar surface area (TPSA) is 30.5 Å². The van der Waals surface area contributed by atoms with Crippen molar-refractivity contribution >= 4 is 0 Å². The Kier molecular flexibility index (Phi) is 7.13. The Morgan fingerprint density at radius 2 is 1.95 bits per heavy atom. The Morgan fingerprint density at radius 3 is 2.62 bits per heavy atom. The molecule has 0 aliphatic heterocycles. The first kappa shape index (κ1) is 16.4. The molecule has 1 unspecified atom stereocenters. The number of ether oxygens (including phenoxy) is 2. The summed E-state index contributed by atoms with van der Waals surface area (Å²) in [6.07, 6.45) is 4.45. The molecule has 4 heteroatoms. The number of halogens is 1. The maximum absolute atomic E-state index is 13.0. The minimum absolute atomic E-state index is 0.177. The van der Waals surface area contributed by atoms with Crippen molar-refractivity contribution in [3.05, 3.63) is 35.6 Å². The molecule has 0 bridgehead atoms. The van der Waals surface area contributed by atoms with Gasteiger partial charge in [0.25, 0.3) is 0 Å². The third-order valence-corrected chi connectivity index (χ3v) is 3.82. The van der Waals surface area contributed by atoms with E-state index in [2.05, 4.69) is 5.32 Å². The predicted octanol–water partition coefficient (Wildman–Crippen LogP) is 3.10. The molecule has 0 saturated heterocycles. The average molecular weight is 295 g/mol. The zero-order valence-corrected chi connectivity index (χ0v) is 12.8. The first-order valence-electron chi connectivity index (χ1n) is 7.85. The second-order valence-corrected chi connectivity index (χ2v) is 5.68. The summed E-state index contributed by atoms with van der Waals surface area (Å²) < 4.78 is 23.7. The molecule has 0 spiro atoms. The van der Waals surface area contributed by atoms with Crippen LogP contribution < -0.4 is 5.32 Å². The first-order chi connectivity index (χ1) is 10.3. The molecule has 0 radical (unpaired) electrons. The van der Waals surface area contributed by atoms with E-state index in [1.807, 2.05) is 12.1 Å². The molecular formula is C17H26FNO2. The number of methoxy groups -OCH3 is 1. The molecule has 0 aromatic heterocycles. The molecule has 1 N–H and O–H groups in total. The highest BCUT2D eigenvalue weighted by Gasteiger charge is 2.22. The van der Waals surface area contributed by atoms with Crippen LogP contribution >= 0.6 is 0 Å². The van der Waals surface area contributed by atoms with Crippen LogP contribution in [0.4, 0.5) is 4.39 Å². The minimum Gasteiger partial charge on any atom is -0.385 e. The maximum Gasteiger partial charge on any atom is 0.123 e. The van der Waals surface area contributed by atoms with Crippen molar-refractivity contribution < 1.29 is 13.9 Å². The van der Waals surface area contributed by atoms with Gasteiger partial charge in [-0.1, -0.05) is 12.1 Å². The lowest BCUT2D eigenvalue weighted by Crippen LogP contribution is -2.24. The van der Waals surface area contributed by atoms with E-state index >= 15 is 0 Å². The first-order valence-corrected chi connectivity index (χ1v) is 7.85. The highest BCUT2D eigenvalue weighted by molar-refractivity contribution is 5.21. The monoisotopic (exact) mass is 295 g/mol. The van der Waals surface area contributed by atoms with Crippen molar-refractivity contribution in [1.29, 1.82) is 0 Å². The fraction of sp³-hybridized carbons (Fsp3) is 0.647. The summed E-state index contributed by atoms with van der Waals surface area (Å²) in [6.45, 7) is 3.15. The number of hydrogen-bond acceptors (Lipinski definition) is 3. The van der Waals surface area contributed by atoms with Crippen LogP contribution in [-0.4, -0.2) is 39.5 Å². The summed E-state index contributed by atoms with van der Waals surface area (Å²) in [7, 11) is 1.70. The highest BCUT2D eigenvalue weighted by atomic mass is 19.1. The highest BCUT2D eigenvalue weighted by Crippen LogP contribution is 2.23. The number of rotatable bonds is 11. The maximum atomic E-state index is 13.0. The van der Waals surface area contributed by atoms with Gasteiger partial charge in [-0.05, 0) is 49.3 Å². The molecule has 1 saturated carbocycles. The van der Waals surface area contributed by atoms with Crippen LogP contribution in [0.1, 0.15) is 37.2 Å². The Balaban J connectivity index is 1.75. The van der Waals surface area contributed by atoms with E-state index in [1.165, 1.54) is 18.4 Å². The fourth-order valence-electron chi connectivity index (χ4n) is 2.35. The molecule has 1 aliphatic carbocycles. The molecule has 0 heterocycles. The van der Waals surface area contributed by atoms with E-state index in [-0.39, 0.29) is 5.82 Å². The van der Waals surface area contributed by atoms with E-state index < -0.39 is 0 Å². The van der Waals surface area contributed by atoms with Crippen molar-refractivity contribution in [2.45, 2.75) is 37.6 Å². The van der Waals surface area contributed by atoms with Gasteiger partial charge in [0.2, 0.25) is 0 Å². The number of benzene rings is 1. The molecule has 2 rings (SSSR count). The third-order valence-electron chi connectivity index (χ3n) is 3.82. The van der Waals surface area contributed by atoms with E-state index in [0.717, 1.165) is 39.2 Å². The zero-order chi connectivity index (χ0) is 14.9. The van der Waals surface area contributed by atoms with Gasteiger partial charge < -0.3 is 14.8 Å². The van der Waals surface area contributed by atoms with Crippen molar-refractivity contribution in [3.63, 3.8) is 0 Å². The lowest BCUT2D eigenvalue weighted by molar-refractivity contribution is 0.0980. The summed E-state index contributed by atoms with van der Waals surface area (Å²) in [5.74, 6) is 0.206. The van der Waals surface area contributed by atoms with E-state index in [0.29, 0.717) is 12.0 Å². The van der Waals surface area contributed by atoms with Crippen molar-refractivity contribution in [2.24, 2.45) is 0 Å². The number of nitrogens with one attached hydrogen (secondary N) is 1.